The van der Waals surface area contributed by atoms with Crippen LogP contribution in [0.4, 0.5) is 0 Å². The molecule has 0 fully saturated rings. The molecule has 0 N–H and O–H groups in total. The van der Waals surface area contributed by atoms with Crippen LogP contribution in [-0.4, -0.2) is 37.2 Å². The Bertz CT molecular complexity index is 1070. The van der Waals surface area contributed by atoms with Crippen molar-refractivity contribution in [3.05, 3.63) is 0 Å². The second kappa shape index (κ2) is 59.3. The fourth-order valence-corrected chi connectivity index (χ4v) is 10.2. The molecule has 0 bridgehead atoms. The molecule has 422 valence electrons. The normalized spacial score (nSPS) is 12.0. The second-order valence-corrected chi connectivity index (χ2v) is 22.9. The van der Waals surface area contributed by atoms with Crippen molar-refractivity contribution in [1.29, 1.82) is 0 Å². The number of hydrogen-bond acceptors (Lipinski definition) is 6. The Morgan fingerprint density at radius 2 is 0.465 bits per heavy atom. The molecule has 71 heavy (non-hydrogen) atoms. The average Bonchev–Trinajstić information content (AvgIpc) is 3.36. The van der Waals surface area contributed by atoms with Gasteiger partial charge in [0.25, 0.3) is 0 Å². The van der Waals surface area contributed by atoms with Crippen molar-refractivity contribution in [3.63, 3.8) is 0 Å². The maximum atomic E-state index is 12.9. The standard InChI is InChI=1S/C65H126O6/c1-5-7-9-11-13-15-17-19-21-23-24-25-29-32-36-40-44-48-52-56-63(66)69-59-62(71-65(68)58-54-50-46-42-38-34-28-22-20-18-16-14-12-10-8-6-2)60-70-64(67)57-53-49-45-41-37-33-30-26-27-31-35-39-43-47-51-55-61(3)4/h61-62H,5-60H2,1-4H3/t62-/m1/s1. The number of esters is 3. The fraction of sp³-hybridized carbons (Fsp3) is 0.954. The Hall–Kier alpha value is -1.59. The van der Waals surface area contributed by atoms with E-state index in [0.717, 1.165) is 63.7 Å². The van der Waals surface area contributed by atoms with Gasteiger partial charge in [0.05, 0.1) is 0 Å². The summed E-state index contributed by atoms with van der Waals surface area (Å²) in [5.74, 6) is 0.0229. The molecule has 6 nitrogen and oxygen atoms in total. The van der Waals surface area contributed by atoms with E-state index in [9.17, 15) is 14.4 Å². The van der Waals surface area contributed by atoms with Gasteiger partial charge in [-0.15, -0.1) is 0 Å². The molecule has 1 atom stereocenters. The van der Waals surface area contributed by atoms with Gasteiger partial charge in [0.2, 0.25) is 0 Å². The van der Waals surface area contributed by atoms with E-state index in [1.165, 1.54) is 270 Å². The summed E-state index contributed by atoms with van der Waals surface area (Å²) in [4.78, 5) is 38.3. The van der Waals surface area contributed by atoms with Gasteiger partial charge in [-0.3, -0.25) is 14.4 Å². The Kier molecular flexibility index (Phi) is 58.0. The highest BCUT2D eigenvalue weighted by atomic mass is 16.6. The van der Waals surface area contributed by atoms with Crippen LogP contribution >= 0.6 is 0 Å². The highest BCUT2D eigenvalue weighted by molar-refractivity contribution is 5.71. The molecule has 0 aliphatic rings. The molecule has 0 aromatic heterocycles. The van der Waals surface area contributed by atoms with Gasteiger partial charge in [0.15, 0.2) is 6.10 Å². The number of unbranched alkanes of at least 4 members (excludes halogenated alkanes) is 47. The molecule has 0 aliphatic carbocycles. The van der Waals surface area contributed by atoms with E-state index in [-0.39, 0.29) is 31.1 Å². The second-order valence-electron chi connectivity index (χ2n) is 22.9. The first-order valence-electron chi connectivity index (χ1n) is 32.4. The SMILES string of the molecule is CCCCCCCCCCCCCCCCCCCCCC(=O)OC[C@H](COC(=O)CCCCCCCCCCCCCCCCCC(C)C)OC(=O)CCCCCCCCCCCCCCCCCC. The Morgan fingerprint density at radius 1 is 0.268 bits per heavy atom. The van der Waals surface area contributed by atoms with Crippen LogP contribution in [0.25, 0.3) is 0 Å². The highest BCUT2D eigenvalue weighted by Gasteiger charge is 2.19. The third kappa shape index (κ3) is 59.2. The zero-order valence-corrected chi connectivity index (χ0v) is 48.7. The molecule has 0 aliphatic heterocycles. The van der Waals surface area contributed by atoms with Crippen LogP contribution in [0.1, 0.15) is 374 Å². The van der Waals surface area contributed by atoms with Crippen LogP contribution in [0.2, 0.25) is 0 Å². The summed E-state index contributed by atoms with van der Waals surface area (Å²) in [6.45, 7) is 9.10. The largest absolute Gasteiger partial charge is 0.462 e. The fourth-order valence-electron chi connectivity index (χ4n) is 10.2. The van der Waals surface area contributed by atoms with Crippen LogP contribution in [-0.2, 0) is 28.6 Å². The Balaban J connectivity index is 4.27. The van der Waals surface area contributed by atoms with Crippen molar-refractivity contribution in [2.75, 3.05) is 13.2 Å². The van der Waals surface area contributed by atoms with Gasteiger partial charge in [0, 0.05) is 19.3 Å². The van der Waals surface area contributed by atoms with Gasteiger partial charge in [0.1, 0.15) is 13.2 Å². The number of rotatable bonds is 60. The van der Waals surface area contributed by atoms with Gasteiger partial charge in [-0.2, -0.15) is 0 Å². The summed E-state index contributed by atoms with van der Waals surface area (Å²) in [5.41, 5.74) is 0. The lowest BCUT2D eigenvalue weighted by molar-refractivity contribution is -0.167. The minimum Gasteiger partial charge on any atom is -0.462 e. The minimum absolute atomic E-state index is 0.0610. The van der Waals surface area contributed by atoms with Crippen molar-refractivity contribution < 1.29 is 28.6 Å². The van der Waals surface area contributed by atoms with Gasteiger partial charge in [-0.05, 0) is 25.2 Å². The smallest absolute Gasteiger partial charge is 0.306 e. The summed E-state index contributed by atoms with van der Waals surface area (Å²) in [7, 11) is 0. The topological polar surface area (TPSA) is 78.9 Å². The van der Waals surface area contributed by atoms with Crippen molar-refractivity contribution in [2.45, 2.75) is 381 Å². The monoisotopic (exact) mass is 1000 g/mol. The van der Waals surface area contributed by atoms with Gasteiger partial charge in [-0.1, -0.05) is 336 Å². The quantitative estimate of drug-likeness (QED) is 0.0343. The molecule has 0 heterocycles. The summed E-state index contributed by atoms with van der Waals surface area (Å²) in [6.07, 6.45) is 66.8. The van der Waals surface area contributed by atoms with Crippen LogP contribution < -0.4 is 0 Å². The van der Waals surface area contributed by atoms with Crippen molar-refractivity contribution in [2.24, 2.45) is 5.92 Å². The lowest BCUT2D eigenvalue weighted by atomic mass is 10.0. The molecule has 0 saturated carbocycles. The zero-order chi connectivity index (χ0) is 51.6. The molecule has 0 radical (unpaired) electrons. The third-order valence-corrected chi connectivity index (χ3v) is 15.0. The molecular formula is C65H126O6. The highest BCUT2D eigenvalue weighted by Crippen LogP contribution is 2.19. The molecule has 0 rings (SSSR count). The summed E-state index contributed by atoms with van der Waals surface area (Å²) < 4.78 is 17.0. The molecule has 0 spiro atoms. The van der Waals surface area contributed by atoms with E-state index in [0.29, 0.717) is 19.3 Å². The third-order valence-electron chi connectivity index (χ3n) is 15.0. The predicted octanol–water partition coefficient (Wildman–Crippen LogP) is 21.7. The lowest BCUT2D eigenvalue weighted by Gasteiger charge is -2.18. The first kappa shape index (κ1) is 69.4. The Labute approximate surface area is 444 Å². The van der Waals surface area contributed by atoms with E-state index in [2.05, 4.69) is 27.7 Å². The lowest BCUT2D eigenvalue weighted by Crippen LogP contribution is -2.30. The van der Waals surface area contributed by atoms with Gasteiger partial charge in [-0.25, -0.2) is 0 Å². The van der Waals surface area contributed by atoms with E-state index < -0.39 is 6.10 Å². The zero-order valence-electron chi connectivity index (χ0n) is 48.7. The molecule has 0 amide bonds. The van der Waals surface area contributed by atoms with E-state index in [1.807, 2.05) is 0 Å². The molecule has 0 aromatic carbocycles. The number of hydrogen-bond donors (Lipinski definition) is 0. The molecule has 0 aromatic rings. The number of ether oxygens (including phenoxy) is 3. The first-order valence-corrected chi connectivity index (χ1v) is 32.4. The van der Waals surface area contributed by atoms with Gasteiger partial charge >= 0.3 is 17.9 Å². The van der Waals surface area contributed by atoms with Gasteiger partial charge < -0.3 is 14.2 Å². The summed E-state index contributed by atoms with van der Waals surface area (Å²) in [6, 6.07) is 0. The van der Waals surface area contributed by atoms with Crippen LogP contribution in [0, 0.1) is 5.92 Å². The minimum atomic E-state index is -0.763. The molecular weight excluding hydrogens is 877 g/mol. The molecule has 6 heteroatoms. The van der Waals surface area contributed by atoms with Crippen molar-refractivity contribution in [1.82, 2.24) is 0 Å². The summed E-state index contributed by atoms with van der Waals surface area (Å²) in [5, 5.41) is 0. The van der Waals surface area contributed by atoms with Crippen molar-refractivity contribution in [3.8, 4) is 0 Å². The van der Waals surface area contributed by atoms with E-state index in [4.69, 9.17) is 14.2 Å². The first-order chi connectivity index (χ1) is 34.9. The maximum absolute atomic E-state index is 12.9. The average molecular weight is 1000 g/mol. The number of carbonyl (C=O) groups is 3. The predicted molar refractivity (Wildman–Crippen MR) is 307 cm³/mol. The van der Waals surface area contributed by atoms with Crippen LogP contribution in [0.15, 0.2) is 0 Å². The van der Waals surface area contributed by atoms with Crippen molar-refractivity contribution >= 4 is 17.9 Å². The maximum Gasteiger partial charge on any atom is 0.306 e. The molecule has 0 unspecified atom stereocenters. The van der Waals surface area contributed by atoms with Crippen LogP contribution in [0.5, 0.6) is 0 Å². The van der Waals surface area contributed by atoms with E-state index in [1.54, 1.807) is 0 Å². The summed E-state index contributed by atoms with van der Waals surface area (Å²) >= 11 is 0. The van der Waals surface area contributed by atoms with Crippen LogP contribution in [0.3, 0.4) is 0 Å². The molecule has 0 saturated heterocycles. The Morgan fingerprint density at radius 3 is 0.690 bits per heavy atom. The number of carbonyl (C=O) groups excluding carboxylic acids is 3. The van der Waals surface area contributed by atoms with E-state index >= 15 is 0 Å².